The molecule has 0 bridgehead atoms. The van der Waals surface area contributed by atoms with Gasteiger partial charge in [0.15, 0.2) is 0 Å². The minimum atomic E-state index is -0.540. The van der Waals surface area contributed by atoms with Crippen LogP contribution < -0.4 is 0 Å². The summed E-state index contributed by atoms with van der Waals surface area (Å²) < 4.78 is 5.15. The van der Waals surface area contributed by atoms with Gasteiger partial charge in [-0.05, 0) is 17.5 Å². The molecule has 0 N–H and O–H groups in total. The third-order valence-electron chi connectivity index (χ3n) is 3.23. The van der Waals surface area contributed by atoms with E-state index < -0.39 is 4.92 Å². The summed E-state index contributed by atoms with van der Waals surface area (Å²) in [5.41, 5.74) is 0.0942. The van der Waals surface area contributed by atoms with Crippen LogP contribution in [0.4, 0.5) is 5.69 Å². The van der Waals surface area contributed by atoms with E-state index in [2.05, 4.69) is 10.1 Å². The van der Waals surface area contributed by atoms with Crippen molar-refractivity contribution in [1.29, 1.82) is 0 Å². The van der Waals surface area contributed by atoms with E-state index >= 15 is 0 Å². The highest BCUT2D eigenvalue weighted by molar-refractivity contribution is 7.13. The lowest BCUT2D eigenvalue weighted by atomic mass is 10.2. The number of rotatable bonds is 5. The molecule has 2 aromatic heterocycles. The van der Waals surface area contributed by atoms with Gasteiger partial charge in [0.1, 0.15) is 0 Å². The summed E-state index contributed by atoms with van der Waals surface area (Å²) in [7, 11) is 1.57. The number of benzene rings is 1. The summed E-state index contributed by atoms with van der Waals surface area (Å²) in [5.74, 6) is 0.394. The summed E-state index contributed by atoms with van der Waals surface area (Å²) in [6.07, 6.45) is 0. The van der Waals surface area contributed by atoms with Crippen LogP contribution >= 0.6 is 11.3 Å². The first kappa shape index (κ1) is 15.8. The standard InChI is InChI=1S/C15H12N4O4S/c1-18(15(20)10-4-2-5-11(8-10)19(21)22)9-13-16-14(17-23-13)12-6-3-7-24-12/h2-8H,9H2,1H3. The van der Waals surface area contributed by atoms with Crippen molar-refractivity contribution in [2.75, 3.05) is 7.05 Å². The van der Waals surface area contributed by atoms with E-state index in [9.17, 15) is 14.9 Å². The van der Waals surface area contributed by atoms with Gasteiger partial charge < -0.3 is 9.42 Å². The molecule has 8 nitrogen and oxygen atoms in total. The maximum absolute atomic E-state index is 12.4. The molecule has 0 spiro atoms. The topological polar surface area (TPSA) is 102 Å². The van der Waals surface area contributed by atoms with Gasteiger partial charge >= 0.3 is 0 Å². The first-order chi connectivity index (χ1) is 11.5. The largest absolute Gasteiger partial charge is 0.337 e. The van der Waals surface area contributed by atoms with Gasteiger partial charge in [-0.1, -0.05) is 17.3 Å². The van der Waals surface area contributed by atoms with E-state index in [4.69, 9.17) is 4.52 Å². The third-order valence-corrected chi connectivity index (χ3v) is 4.10. The first-order valence-electron chi connectivity index (χ1n) is 6.91. The predicted molar refractivity (Wildman–Crippen MR) is 86.5 cm³/mol. The quantitative estimate of drug-likeness (QED) is 0.521. The lowest BCUT2D eigenvalue weighted by Crippen LogP contribution is -2.26. The Labute approximate surface area is 140 Å². The minimum absolute atomic E-state index is 0.111. The van der Waals surface area contributed by atoms with Crippen LogP contribution in [0.1, 0.15) is 16.2 Å². The first-order valence-corrected chi connectivity index (χ1v) is 7.79. The predicted octanol–water partition coefficient (Wildman–Crippen LogP) is 2.98. The number of hydrogen-bond donors (Lipinski definition) is 0. The number of amides is 1. The fourth-order valence-electron chi connectivity index (χ4n) is 2.07. The SMILES string of the molecule is CN(Cc1nc(-c2cccs2)no1)C(=O)c1cccc([N+](=O)[O-])c1. The highest BCUT2D eigenvalue weighted by atomic mass is 32.1. The van der Waals surface area contributed by atoms with Gasteiger partial charge in [0.2, 0.25) is 11.7 Å². The summed E-state index contributed by atoms with van der Waals surface area (Å²) >= 11 is 1.49. The number of hydrogen-bond acceptors (Lipinski definition) is 7. The van der Waals surface area contributed by atoms with Gasteiger partial charge in [-0.25, -0.2) is 0 Å². The smallest absolute Gasteiger partial charge is 0.270 e. The van der Waals surface area contributed by atoms with Gasteiger partial charge in [-0.2, -0.15) is 4.98 Å². The Morgan fingerprint density at radius 3 is 2.92 bits per heavy atom. The second kappa shape index (κ2) is 6.59. The molecule has 0 fully saturated rings. The Bertz CT molecular complexity index is 875. The third kappa shape index (κ3) is 3.30. The van der Waals surface area contributed by atoms with Crippen molar-refractivity contribution >= 4 is 22.9 Å². The molecule has 1 amide bonds. The van der Waals surface area contributed by atoms with Crippen LogP contribution in [0.25, 0.3) is 10.7 Å². The van der Waals surface area contributed by atoms with Crippen LogP contribution in [-0.2, 0) is 6.54 Å². The molecule has 122 valence electrons. The molecule has 0 atom stereocenters. The number of carbonyl (C=O) groups is 1. The van der Waals surface area contributed by atoms with E-state index in [1.165, 1.54) is 40.5 Å². The van der Waals surface area contributed by atoms with Crippen molar-refractivity contribution < 1.29 is 14.2 Å². The number of nitro groups is 1. The molecular weight excluding hydrogens is 332 g/mol. The number of carbonyl (C=O) groups excluding carboxylic acids is 1. The van der Waals surface area contributed by atoms with Crippen molar-refractivity contribution in [2.24, 2.45) is 0 Å². The van der Waals surface area contributed by atoms with Gasteiger partial charge in [0.05, 0.1) is 16.3 Å². The molecule has 3 aromatic rings. The van der Waals surface area contributed by atoms with Crippen molar-refractivity contribution in [2.45, 2.75) is 6.54 Å². The summed E-state index contributed by atoms with van der Waals surface area (Å²) in [6.45, 7) is 0.111. The normalized spacial score (nSPS) is 10.5. The lowest BCUT2D eigenvalue weighted by Gasteiger charge is -2.14. The Hall–Kier alpha value is -3.07. The van der Waals surface area contributed by atoms with Crippen molar-refractivity contribution in [3.8, 4) is 10.7 Å². The molecule has 3 rings (SSSR count). The average Bonchev–Trinajstić information content (AvgIpc) is 3.25. The highest BCUT2D eigenvalue weighted by Crippen LogP contribution is 2.22. The Kier molecular flexibility index (Phi) is 4.34. The van der Waals surface area contributed by atoms with Crippen molar-refractivity contribution in [3.05, 3.63) is 63.3 Å². The van der Waals surface area contributed by atoms with Gasteiger partial charge in [-0.15, -0.1) is 11.3 Å². The van der Waals surface area contributed by atoms with Crippen LogP contribution in [0.3, 0.4) is 0 Å². The molecule has 0 radical (unpaired) electrons. The van der Waals surface area contributed by atoms with Crippen molar-refractivity contribution in [1.82, 2.24) is 15.0 Å². The van der Waals surface area contributed by atoms with Gasteiger partial charge in [0, 0.05) is 24.7 Å². The van der Waals surface area contributed by atoms with Crippen LogP contribution in [0.2, 0.25) is 0 Å². The molecule has 1 aromatic carbocycles. The van der Waals surface area contributed by atoms with Gasteiger partial charge in [0.25, 0.3) is 11.6 Å². The monoisotopic (exact) mass is 344 g/mol. The van der Waals surface area contributed by atoms with Crippen LogP contribution in [0.5, 0.6) is 0 Å². The van der Waals surface area contributed by atoms with Crippen LogP contribution in [0.15, 0.2) is 46.3 Å². The second-order valence-electron chi connectivity index (χ2n) is 4.96. The zero-order chi connectivity index (χ0) is 17.1. The fourth-order valence-corrected chi connectivity index (χ4v) is 2.72. The Morgan fingerprint density at radius 2 is 2.21 bits per heavy atom. The maximum Gasteiger partial charge on any atom is 0.270 e. The maximum atomic E-state index is 12.4. The van der Waals surface area contributed by atoms with E-state index in [0.29, 0.717) is 11.7 Å². The van der Waals surface area contributed by atoms with E-state index in [1.54, 1.807) is 7.05 Å². The van der Waals surface area contributed by atoms with Gasteiger partial charge in [-0.3, -0.25) is 14.9 Å². The second-order valence-corrected chi connectivity index (χ2v) is 5.91. The molecular formula is C15H12N4O4S. The van der Waals surface area contributed by atoms with Crippen molar-refractivity contribution in [3.63, 3.8) is 0 Å². The Balaban J connectivity index is 1.73. The number of nitrogens with zero attached hydrogens (tertiary/aromatic N) is 4. The molecule has 9 heteroatoms. The number of nitro benzene ring substituents is 1. The van der Waals surface area contributed by atoms with E-state index in [0.717, 1.165) is 4.88 Å². The molecule has 0 saturated heterocycles. The summed E-state index contributed by atoms with van der Waals surface area (Å²) in [6, 6.07) is 9.33. The molecule has 0 aliphatic heterocycles. The molecule has 0 aliphatic rings. The Morgan fingerprint density at radius 1 is 1.38 bits per heavy atom. The summed E-state index contributed by atoms with van der Waals surface area (Å²) in [5, 5.41) is 16.6. The fraction of sp³-hybridized carbons (Fsp3) is 0.133. The molecule has 0 aliphatic carbocycles. The minimum Gasteiger partial charge on any atom is -0.337 e. The average molecular weight is 344 g/mol. The molecule has 2 heterocycles. The number of thiophene rings is 1. The van der Waals surface area contributed by atoms with Crippen LogP contribution in [-0.4, -0.2) is 32.9 Å². The van der Waals surface area contributed by atoms with E-state index in [1.807, 2.05) is 17.5 Å². The molecule has 24 heavy (non-hydrogen) atoms. The number of aromatic nitrogens is 2. The zero-order valence-corrected chi connectivity index (χ0v) is 13.4. The summed E-state index contributed by atoms with van der Waals surface area (Å²) in [4.78, 5) is 29.1. The molecule has 0 saturated carbocycles. The molecule has 0 unspecified atom stereocenters. The highest BCUT2D eigenvalue weighted by Gasteiger charge is 2.18. The number of non-ortho nitro benzene ring substituents is 1. The zero-order valence-electron chi connectivity index (χ0n) is 12.6. The van der Waals surface area contributed by atoms with E-state index in [-0.39, 0.29) is 23.7 Å². The van der Waals surface area contributed by atoms with Crippen LogP contribution in [0, 0.1) is 10.1 Å². The lowest BCUT2D eigenvalue weighted by molar-refractivity contribution is -0.384.